The number of rotatable bonds is 3. The minimum Gasteiger partial charge on any atom is -0.376 e. The molecule has 0 radical (unpaired) electrons. The standard InChI is InChI=1S/C17H17ClF3N5S/c18-14-9-11(17(19,20)21)10-23-15(14)26-7-5-25(6-8-26)13-3-1-12(2-4-13)24-16(22)27/h1-4,9-10H,5-8H2,(H3,22,24,27). The van der Waals surface area contributed by atoms with Gasteiger partial charge in [-0.2, -0.15) is 13.2 Å². The van der Waals surface area contributed by atoms with E-state index in [4.69, 9.17) is 29.6 Å². The molecule has 1 aliphatic rings. The summed E-state index contributed by atoms with van der Waals surface area (Å²) in [6.07, 6.45) is -3.64. The molecule has 0 aliphatic carbocycles. The first-order valence-electron chi connectivity index (χ1n) is 8.13. The Hall–Kier alpha value is -2.26. The number of anilines is 3. The van der Waals surface area contributed by atoms with Gasteiger partial charge in [-0.25, -0.2) is 4.98 Å². The van der Waals surface area contributed by atoms with E-state index in [1.54, 1.807) is 0 Å². The molecule has 0 spiro atoms. The number of hydrogen-bond donors (Lipinski definition) is 2. The van der Waals surface area contributed by atoms with Gasteiger partial charge in [0.1, 0.15) is 5.82 Å². The third kappa shape index (κ3) is 4.72. The van der Waals surface area contributed by atoms with Crippen molar-refractivity contribution in [3.63, 3.8) is 0 Å². The van der Waals surface area contributed by atoms with Gasteiger partial charge in [0, 0.05) is 43.8 Å². The Morgan fingerprint density at radius 2 is 1.70 bits per heavy atom. The van der Waals surface area contributed by atoms with E-state index in [2.05, 4.69) is 15.2 Å². The molecule has 144 valence electrons. The molecule has 1 saturated heterocycles. The van der Waals surface area contributed by atoms with Gasteiger partial charge in [-0.1, -0.05) is 11.6 Å². The summed E-state index contributed by atoms with van der Waals surface area (Å²) >= 11 is 10.8. The Morgan fingerprint density at radius 1 is 1.11 bits per heavy atom. The van der Waals surface area contributed by atoms with Crippen molar-refractivity contribution >= 4 is 46.1 Å². The highest BCUT2D eigenvalue weighted by atomic mass is 35.5. The fourth-order valence-electron chi connectivity index (χ4n) is 2.89. The highest BCUT2D eigenvalue weighted by Crippen LogP contribution is 2.34. The first-order chi connectivity index (χ1) is 12.7. The van der Waals surface area contributed by atoms with Crippen LogP contribution in [0.15, 0.2) is 36.5 Å². The molecule has 1 fully saturated rings. The first kappa shape index (κ1) is 19.5. The molecular formula is C17H17ClF3N5S. The van der Waals surface area contributed by atoms with Gasteiger partial charge in [0.15, 0.2) is 5.11 Å². The fraction of sp³-hybridized carbons (Fsp3) is 0.294. The van der Waals surface area contributed by atoms with E-state index in [0.717, 1.165) is 23.6 Å². The molecule has 0 unspecified atom stereocenters. The van der Waals surface area contributed by atoms with Crippen molar-refractivity contribution in [3.8, 4) is 0 Å². The van der Waals surface area contributed by atoms with Crippen LogP contribution < -0.4 is 20.9 Å². The molecular weight excluding hydrogens is 399 g/mol. The van der Waals surface area contributed by atoms with Crippen LogP contribution in [0.1, 0.15) is 5.56 Å². The molecule has 10 heteroatoms. The summed E-state index contributed by atoms with van der Waals surface area (Å²) in [5, 5.41) is 3.08. The van der Waals surface area contributed by atoms with Gasteiger partial charge in [-0.15, -0.1) is 0 Å². The van der Waals surface area contributed by atoms with Gasteiger partial charge >= 0.3 is 6.18 Å². The van der Waals surface area contributed by atoms with Crippen LogP contribution in [0.3, 0.4) is 0 Å². The van der Waals surface area contributed by atoms with Crippen molar-refractivity contribution in [3.05, 3.63) is 47.1 Å². The van der Waals surface area contributed by atoms with Gasteiger partial charge < -0.3 is 20.9 Å². The average molecular weight is 416 g/mol. The van der Waals surface area contributed by atoms with Crippen LogP contribution >= 0.6 is 23.8 Å². The Balaban J connectivity index is 1.64. The summed E-state index contributed by atoms with van der Waals surface area (Å²) in [7, 11) is 0. The van der Waals surface area contributed by atoms with E-state index in [9.17, 15) is 13.2 Å². The molecule has 0 saturated carbocycles. The van der Waals surface area contributed by atoms with Crippen molar-refractivity contribution < 1.29 is 13.2 Å². The molecule has 0 bridgehead atoms. The Morgan fingerprint density at radius 3 is 2.22 bits per heavy atom. The largest absolute Gasteiger partial charge is 0.417 e. The number of hydrogen-bond acceptors (Lipinski definition) is 4. The quantitative estimate of drug-likeness (QED) is 0.745. The molecule has 27 heavy (non-hydrogen) atoms. The summed E-state index contributed by atoms with van der Waals surface area (Å²) in [5.74, 6) is 0.375. The summed E-state index contributed by atoms with van der Waals surface area (Å²) in [5.41, 5.74) is 6.45. The van der Waals surface area contributed by atoms with E-state index >= 15 is 0 Å². The summed E-state index contributed by atoms with van der Waals surface area (Å²) < 4.78 is 38.2. The molecule has 2 heterocycles. The normalized spacial score (nSPS) is 15.0. The minimum atomic E-state index is -4.46. The predicted octanol–water partition coefficient (Wildman–Crippen LogP) is 3.74. The lowest BCUT2D eigenvalue weighted by Gasteiger charge is -2.37. The zero-order valence-corrected chi connectivity index (χ0v) is 15.7. The minimum absolute atomic E-state index is 0.00598. The SMILES string of the molecule is NC(=S)Nc1ccc(N2CCN(c3ncc(C(F)(F)F)cc3Cl)CC2)cc1. The van der Waals surface area contributed by atoms with Crippen LogP contribution in [0.4, 0.5) is 30.4 Å². The van der Waals surface area contributed by atoms with Crippen LogP contribution in [0.5, 0.6) is 0 Å². The number of benzene rings is 1. The van der Waals surface area contributed by atoms with Gasteiger partial charge in [-0.05, 0) is 42.5 Å². The third-order valence-corrected chi connectivity index (χ3v) is 4.61. The number of alkyl halides is 3. The van der Waals surface area contributed by atoms with Crippen LogP contribution in [0.2, 0.25) is 5.02 Å². The summed E-state index contributed by atoms with van der Waals surface area (Å²) in [6.45, 7) is 2.60. The van der Waals surface area contributed by atoms with E-state index in [1.807, 2.05) is 29.2 Å². The number of aromatic nitrogens is 1. The summed E-state index contributed by atoms with van der Waals surface area (Å²) in [4.78, 5) is 8.00. The van der Waals surface area contributed by atoms with Crippen LogP contribution in [0.25, 0.3) is 0 Å². The topological polar surface area (TPSA) is 57.4 Å². The monoisotopic (exact) mass is 415 g/mol. The Kier molecular flexibility index (Phi) is 5.61. The van der Waals surface area contributed by atoms with Crippen LogP contribution in [0, 0.1) is 0 Å². The molecule has 5 nitrogen and oxygen atoms in total. The molecule has 2 aromatic rings. The van der Waals surface area contributed by atoms with Crippen molar-refractivity contribution in [2.75, 3.05) is 41.3 Å². The maximum absolute atomic E-state index is 12.7. The number of nitrogens with two attached hydrogens (primary N) is 1. The maximum atomic E-state index is 12.7. The highest BCUT2D eigenvalue weighted by Gasteiger charge is 2.32. The molecule has 1 aromatic heterocycles. The zero-order valence-electron chi connectivity index (χ0n) is 14.1. The third-order valence-electron chi connectivity index (χ3n) is 4.23. The molecule has 0 amide bonds. The van der Waals surface area contributed by atoms with E-state index in [0.29, 0.717) is 32.0 Å². The van der Waals surface area contributed by atoms with Gasteiger partial charge in [-0.3, -0.25) is 0 Å². The molecule has 1 aliphatic heterocycles. The van der Waals surface area contributed by atoms with Crippen molar-refractivity contribution in [2.24, 2.45) is 5.73 Å². The zero-order chi connectivity index (χ0) is 19.6. The summed E-state index contributed by atoms with van der Waals surface area (Å²) in [6, 6.07) is 8.60. The smallest absolute Gasteiger partial charge is 0.376 e. The second-order valence-electron chi connectivity index (χ2n) is 6.04. The molecule has 1 aromatic carbocycles. The average Bonchev–Trinajstić information content (AvgIpc) is 2.61. The number of pyridine rings is 1. The lowest BCUT2D eigenvalue weighted by Crippen LogP contribution is -2.47. The maximum Gasteiger partial charge on any atom is 0.417 e. The predicted molar refractivity (Wildman–Crippen MR) is 106 cm³/mol. The van der Waals surface area contributed by atoms with Crippen LogP contribution in [-0.2, 0) is 6.18 Å². The lowest BCUT2D eigenvalue weighted by atomic mass is 10.2. The van der Waals surface area contributed by atoms with Crippen molar-refractivity contribution in [2.45, 2.75) is 6.18 Å². The number of piperazine rings is 1. The second kappa shape index (κ2) is 7.77. The second-order valence-corrected chi connectivity index (χ2v) is 6.88. The number of nitrogens with zero attached hydrogens (tertiary/aromatic N) is 3. The Bertz CT molecular complexity index is 820. The van der Waals surface area contributed by atoms with E-state index in [-0.39, 0.29) is 10.1 Å². The number of thiocarbonyl (C=S) groups is 1. The highest BCUT2D eigenvalue weighted by molar-refractivity contribution is 7.80. The molecule has 3 rings (SSSR count). The first-order valence-corrected chi connectivity index (χ1v) is 8.92. The molecule has 3 N–H and O–H groups in total. The lowest BCUT2D eigenvalue weighted by molar-refractivity contribution is -0.137. The van der Waals surface area contributed by atoms with Crippen LogP contribution in [-0.4, -0.2) is 36.3 Å². The number of nitrogens with one attached hydrogen (secondary N) is 1. The van der Waals surface area contributed by atoms with E-state index < -0.39 is 11.7 Å². The van der Waals surface area contributed by atoms with Gasteiger partial charge in [0.25, 0.3) is 0 Å². The van der Waals surface area contributed by atoms with E-state index in [1.165, 1.54) is 0 Å². The fourth-order valence-corrected chi connectivity index (χ4v) is 3.30. The Labute approximate surface area is 164 Å². The molecule has 0 atom stereocenters. The van der Waals surface area contributed by atoms with Crippen molar-refractivity contribution in [1.82, 2.24) is 4.98 Å². The van der Waals surface area contributed by atoms with Crippen molar-refractivity contribution in [1.29, 1.82) is 0 Å². The van der Waals surface area contributed by atoms with Gasteiger partial charge in [0.2, 0.25) is 0 Å². The van der Waals surface area contributed by atoms with Gasteiger partial charge in [0.05, 0.1) is 10.6 Å². The number of halogens is 4.